The van der Waals surface area contributed by atoms with Gasteiger partial charge < -0.3 is 15.4 Å². The van der Waals surface area contributed by atoms with Crippen LogP contribution in [0.2, 0.25) is 0 Å². The van der Waals surface area contributed by atoms with E-state index in [4.69, 9.17) is 4.98 Å². The fraction of sp³-hybridized carbons (Fsp3) is 0.650. The van der Waals surface area contributed by atoms with Gasteiger partial charge in [-0.1, -0.05) is 0 Å². The topological polar surface area (TPSA) is 128 Å². The van der Waals surface area contributed by atoms with Crippen molar-refractivity contribution in [1.82, 2.24) is 19.3 Å². The van der Waals surface area contributed by atoms with Crippen molar-refractivity contribution < 1.29 is 13.5 Å². The summed E-state index contributed by atoms with van der Waals surface area (Å²) in [6.45, 7) is 3.00. The van der Waals surface area contributed by atoms with Crippen LogP contribution in [0.3, 0.4) is 0 Å². The minimum absolute atomic E-state index is 0.0594. The van der Waals surface area contributed by atoms with E-state index in [1.165, 1.54) is 16.6 Å². The van der Waals surface area contributed by atoms with Gasteiger partial charge in [0.15, 0.2) is 0 Å². The van der Waals surface area contributed by atoms with Crippen LogP contribution >= 0.6 is 0 Å². The maximum Gasteiger partial charge on any atom is 0.249 e. The van der Waals surface area contributed by atoms with Crippen molar-refractivity contribution in [3.8, 4) is 0 Å². The molecule has 1 spiro atoms. The summed E-state index contributed by atoms with van der Waals surface area (Å²) in [6, 6.07) is 3.36. The lowest BCUT2D eigenvalue weighted by molar-refractivity contribution is -0.0171. The number of hydrogen-bond acceptors (Lipinski definition) is 7. The Balaban J connectivity index is 1.39. The predicted molar refractivity (Wildman–Crippen MR) is 113 cm³/mol. The maximum absolute atomic E-state index is 11.8. The lowest BCUT2D eigenvalue weighted by Gasteiger charge is -2.58. The second-order valence-electron chi connectivity index (χ2n) is 9.60. The number of H-pyrrole nitrogens is 1. The normalized spacial score (nSPS) is 29.1. The first-order chi connectivity index (χ1) is 14.0. The van der Waals surface area contributed by atoms with E-state index < -0.39 is 15.6 Å². The molecule has 3 aliphatic rings. The lowest BCUT2D eigenvalue weighted by Crippen LogP contribution is -2.65. The van der Waals surface area contributed by atoms with Crippen molar-refractivity contribution in [3.05, 3.63) is 28.2 Å². The van der Waals surface area contributed by atoms with Crippen LogP contribution in [0.25, 0.3) is 11.0 Å². The van der Waals surface area contributed by atoms with E-state index in [9.17, 15) is 18.3 Å². The molecule has 1 aliphatic heterocycles. The number of aliphatic hydroxyl groups is 1. The second-order valence-corrected chi connectivity index (χ2v) is 11.6. The zero-order valence-corrected chi connectivity index (χ0v) is 18.0. The number of anilines is 1. The number of pyridine rings is 1. The molecule has 162 valence electrons. The predicted octanol–water partition coefficient (Wildman–Crippen LogP) is 1.17. The van der Waals surface area contributed by atoms with Gasteiger partial charge in [0.1, 0.15) is 5.65 Å². The largest absolute Gasteiger partial charge is 0.389 e. The molecular formula is C20H27N5O4S. The minimum Gasteiger partial charge on any atom is -0.389 e. The Morgan fingerprint density at radius 2 is 2.00 bits per heavy atom. The molecule has 3 N–H and O–H groups in total. The molecule has 2 aromatic heterocycles. The van der Waals surface area contributed by atoms with Gasteiger partial charge in [-0.05, 0) is 45.1 Å². The van der Waals surface area contributed by atoms with Crippen molar-refractivity contribution >= 4 is 27.0 Å². The molecule has 0 amide bonds. The first-order valence-electron chi connectivity index (χ1n) is 10.4. The molecule has 10 heteroatoms. The summed E-state index contributed by atoms with van der Waals surface area (Å²) in [4.78, 5) is 23.9. The van der Waals surface area contributed by atoms with Crippen LogP contribution in [0.1, 0.15) is 50.6 Å². The van der Waals surface area contributed by atoms with E-state index in [0.717, 1.165) is 43.2 Å². The van der Waals surface area contributed by atoms with Crippen LogP contribution in [0.4, 0.5) is 5.95 Å². The zero-order valence-electron chi connectivity index (χ0n) is 17.2. The third kappa shape index (κ3) is 3.30. The maximum atomic E-state index is 11.8. The van der Waals surface area contributed by atoms with Gasteiger partial charge in [0, 0.05) is 41.9 Å². The number of aromatic nitrogens is 3. The number of hydrogen-bond donors (Lipinski definition) is 3. The molecule has 0 bridgehead atoms. The van der Waals surface area contributed by atoms with Gasteiger partial charge in [-0.15, -0.1) is 0 Å². The van der Waals surface area contributed by atoms with E-state index in [0.29, 0.717) is 24.7 Å². The molecule has 2 aliphatic carbocycles. The molecule has 1 saturated heterocycles. The number of aromatic amines is 1. The Bertz CT molecular complexity index is 1160. The summed E-state index contributed by atoms with van der Waals surface area (Å²) in [5.74, 6) is 0.332. The van der Waals surface area contributed by atoms with Crippen LogP contribution in [-0.4, -0.2) is 63.8 Å². The summed E-state index contributed by atoms with van der Waals surface area (Å²) in [5.41, 5.74) is 0.232. The SMILES string of the molecule is C[C@@]1(O)CCC[C@@H]1c1nc(NC2CC3(C2)CN(S(C)(=O)=O)C3)nc2[nH]c(=O)ccc12. The van der Waals surface area contributed by atoms with Crippen molar-refractivity contribution in [2.75, 3.05) is 24.7 Å². The third-order valence-corrected chi connectivity index (χ3v) is 8.26. The van der Waals surface area contributed by atoms with Crippen LogP contribution in [0, 0.1) is 5.41 Å². The van der Waals surface area contributed by atoms with E-state index in [-0.39, 0.29) is 22.9 Å². The quantitative estimate of drug-likeness (QED) is 0.660. The Labute approximate surface area is 175 Å². The number of rotatable bonds is 4. The summed E-state index contributed by atoms with van der Waals surface area (Å²) < 4.78 is 24.8. The number of fused-ring (bicyclic) bond motifs is 1. The summed E-state index contributed by atoms with van der Waals surface area (Å²) >= 11 is 0. The number of nitrogens with one attached hydrogen (secondary N) is 2. The molecule has 3 fully saturated rings. The number of nitrogens with zero attached hydrogens (tertiary/aromatic N) is 3. The second kappa shape index (κ2) is 6.48. The molecular weight excluding hydrogens is 406 g/mol. The molecule has 3 heterocycles. The average Bonchev–Trinajstić information content (AvgIpc) is 2.92. The molecule has 2 saturated carbocycles. The minimum atomic E-state index is -3.11. The van der Waals surface area contributed by atoms with Crippen LogP contribution < -0.4 is 10.9 Å². The van der Waals surface area contributed by atoms with Gasteiger partial charge in [0.25, 0.3) is 0 Å². The van der Waals surface area contributed by atoms with Crippen molar-refractivity contribution in [2.45, 2.75) is 56.6 Å². The van der Waals surface area contributed by atoms with Crippen molar-refractivity contribution in [2.24, 2.45) is 5.41 Å². The molecule has 0 unspecified atom stereocenters. The highest BCUT2D eigenvalue weighted by molar-refractivity contribution is 7.88. The van der Waals surface area contributed by atoms with Gasteiger partial charge in [0.2, 0.25) is 21.5 Å². The van der Waals surface area contributed by atoms with Gasteiger partial charge in [-0.25, -0.2) is 17.7 Å². The van der Waals surface area contributed by atoms with Gasteiger partial charge in [-0.3, -0.25) is 4.79 Å². The highest BCUT2D eigenvalue weighted by Gasteiger charge is 2.54. The van der Waals surface area contributed by atoms with E-state index in [1.54, 1.807) is 6.07 Å². The van der Waals surface area contributed by atoms with Crippen LogP contribution in [0.5, 0.6) is 0 Å². The highest BCUT2D eigenvalue weighted by atomic mass is 32.2. The monoisotopic (exact) mass is 433 g/mol. The first kappa shape index (κ1) is 19.9. The molecule has 30 heavy (non-hydrogen) atoms. The summed E-state index contributed by atoms with van der Waals surface area (Å²) in [7, 11) is -3.11. The van der Waals surface area contributed by atoms with Gasteiger partial charge >= 0.3 is 0 Å². The zero-order chi connectivity index (χ0) is 21.3. The molecule has 2 atom stereocenters. The van der Waals surface area contributed by atoms with Gasteiger partial charge in [-0.2, -0.15) is 4.98 Å². The lowest BCUT2D eigenvalue weighted by atomic mass is 9.61. The molecule has 5 rings (SSSR count). The summed E-state index contributed by atoms with van der Waals surface area (Å²) in [6.07, 6.45) is 5.46. The third-order valence-electron chi connectivity index (χ3n) is 7.06. The highest BCUT2D eigenvalue weighted by Crippen LogP contribution is 2.50. The molecule has 9 nitrogen and oxygen atoms in total. The Morgan fingerprint density at radius 3 is 2.63 bits per heavy atom. The molecule has 0 radical (unpaired) electrons. The molecule has 2 aromatic rings. The van der Waals surface area contributed by atoms with E-state index >= 15 is 0 Å². The van der Waals surface area contributed by atoms with Crippen molar-refractivity contribution in [3.63, 3.8) is 0 Å². The first-order valence-corrected chi connectivity index (χ1v) is 12.2. The average molecular weight is 434 g/mol. The smallest absolute Gasteiger partial charge is 0.249 e. The van der Waals surface area contributed by atoms with Gasteiger partial charge in [0.05, 0.1) is 17.6 Å². The molecule has 0 aromatic carbocycles. The van der Waals surface area contributed by atoms with E-state index in [2.05, 4.69) is 15.3 Å². The Hall–Kier alpha value is -2.04. The fourth-order valence-corrected chi connectivity index (χ4v) is 6.46. The fourth-order valence-electron chi connectivity index (χ4n) is 5.44. The van der Waals surface area contributed by atoms with Crippen molar-refractivity contribution in [1.29, 1.82) is 0 Å². The van der Waals surface area contributed by atoms with Crippen LogP contribution in [0.15, 0.2) is 16.9 Å². The van der Waals surface area contributed by atoms with E-state index in [1.807, 2.05) is 6.92 Å². The Kier molecular flexibility index (Phi) is 4.30. The summed E-state index contributed by atoms with van der Waals surface area (Å²) in [5, 5.41) is 15.0. The van der Waals surface area contributed by atoms with Crippen LogP contribution in [-0.2, 0) is 10.0 Å². The standard InChI is InChI=1S/C20H27N5O4S/c1-19(27)7-3-4-14(19)16-13-5-6-15(26)22-17(13)24-18(23-16)21-12-8-20(9-12)10-25(11-20)30(2,28)29/h5-6,12,14,27H,3-4,7-11H2,1-2H3,(H2,21,22,23,24,26)/t14-,19-/m1/s1. The number of sulfonamides is 1. The Morgan fingerprint density at radius 1 is 1.27 bits per heavy atom.